The predicted octanol–water partition coefficient (Wildman–Crippen LogP) is 4.27. The first-order valence-electron chi connectivity index (χ1n) is 9.92. The number of nitrogens with zero attached hydrogens (tertiary/aromatic N) is 6. The van der Waals surface area contributed by atoms with Gasteiger partial charge in [-0.25, -0.2) is 9.97 Å². The molecule has 150 valence electrons. The summed E-state index contributed by atoms with van der Waals surface area (Å²) in [4.78, 5) is 21.8. The molecule has 0 amide bonds. The monoisotopic (exact) mass is 406 g/mol. The second kappa shape index (κ2) is 6.60. The summed E-state index contributed by atoms with van der Waals surface area (Å²) in [6.07, 6.45) is 5.42. The van der Waals surface area contributed by atoms with Crippen molar-refractivity contribution < 1.29 is 0 Å². The first-order valence-corrected chi connectivity index (χ1v) is 9.92. The number of aromatic nitrogens is 8. The Balaban J connectivity index is 1.52. The Morgan fingerprint density at radius 2 is 1.84 bits per heavy atom. The zero-order valence-corrected chi connectivity index (χ0v) is 17.0. The number of H-pyrrole nitrogens is 2. The van der Waals surface area contributed by atoms with E-state index in [1.54, 1.807) is 12.4 Å². The number of aromatic amines is 2. The Bertz CT molecular complexity index is 1560. The summed E-state index contributed by atoms with van der Waals surface area (Å²) in [6, 6.07) is 13.9. The molecule has 5 heterocycles. The van der Waals surface area contributed by atoms with E-state index in [9.17, 15) is 0 Å². The second-order valence-electron chi connectivity index (χ2n) is 7.44. The van der Waals surface area contributed by atoms with Crippen LogP contribution in [0.25, 0.3) is 56.1 Å². The van der Waals surface area contributed by atoms with Crippen LogP contribution in [0.2, 0.25) is 0 Å². The van der Waals surface area contributed by atoms with Crippen LogP contribution in [-0.2, 0) is 7.05 Å². The van der Waals surface area contributed by atoms with Gasteiger partial charge in [0.2, 0.25) is 0 Å². The van der Waals surface area contributed by atoms with Crippen LogP contribution < -0.4 is 0 Å². The maximum atomic E-state index is 4.89. The van der Waals surface area contributed by atoms with E-state index in [-0.39, 0.29) is 0 Å². The molecule has 0 aliphatic heterocycles. The molecule has 31 heavy (non-hydrogen) atoms. The summed E-state index contributed by atoms with van der Waals surface area (Å²) >= 11 is 0. The van der Waals surface area contributed by atoms with E-state index in [0.717, 1.165) is 56.1 Å². The molecule has 0 aliphatic rings. The van der Waals surface area contributed by atoms with Crippen LogP contribution in [0.5, 0.6) is 0 Å². The number of fused-ring (bicyclic) bond motifs is 2. The van der Waals surface area contributed by atoms with Gasteiger partial charge in [-0.05, 0) is 31.2 Å². The van der Waals surface area contributed by atoms with Crippen LogP contribution in [-0.4, -0.2) is 39.7 Å². The smallest absolute Gasteiger partial charge is 0.159 e. The Hall–Kier alpha value is -4.33. The molecular weight excluding hydrogens is 388 g/mol. The van der Waals surface area contributed by atoms with E-state index in [0.29, 0.717) is 5.82 Å². The molecule has 0 atom stereocenters. The maximum Gasteiger partial charge on any atom is 0.159 e. The quantitative estimate of drug-likeness (QED) is 0.457. The highest BCUT2D eigenvalue weighted by Gasteiger charge is 2.17. The molecule has 0 radical (unpaired) electrons. The van der Waals surface area contributed by atoms with Gasteiger partial charge in [0.1, 0.15) is 11.5 Å². The lowest BCUT2D eigenvalue weighted by Crippen LogP contribution is -1.95. The average molecular weight is 406 g/mol. The summed E-state index contributed by atoms with van der Waals surface area (Å²) in [5.41, 5.74) is 7.06. The van der Waals surface area contributed by atoms with Gasteiger partial charge in [-0.3, -0.25) is 15.1 Å². The van der Waals surface area contributed by atoms with Gasteiger partial charge < -0.3 is 9.55 Å². The highest BCUT2D eigenvalue weighted by molar-refractivity contribution is 5.97. The van der Waals surface area contributed by atoms with Crippen molar-refractivity contribution in [1.29, 1.82) is 0 Å². The van der Waals surface area contributed by atoms with E-state index >= 15 is 0 Å². The Labute approximate surface area is 177 Å². The molecule has 0 aliphatic carbocycles. The van der Waals surface area contributed by atoms with Gasteiger partial charge in [-0.15, -0.1) is 0 Å². The number of aryl methyl sites for hydroxylation is 1. The van der Waals surface area contributed by atoms with Crippen molar-refractivity contribution in [3.05, 3.63) is 66.9 Å². The minimum absolute atomic E-state index is 0.697. The third-order valence-corrected chi connectivity index (χ3v) is 5.61. The molecule has 5 aromatic heterocycles. The van der Waals surface area contributed by atoms with Crippen LogP contribution in [0, 0.1) is 6.92 Å². The fourth-order valence-corrected chi connectivity index (χ4v) is 3.85. The Morgan fingerprint density at radius 3 is 2.65 bits per heavy atom. The standard InChI is InChI=1S/C23H18N8/c1-13-25-12-20(31(13)2)18-10-15-19(11-26-18)29-30-22(15)23-27-17-8-5-6-14(21(17)28-23)16-7-3-4-9-24-16/h3-12H,1-2H3,(H,27,28)(H,29,30). The van der Waals surface area contributed by atoms with Crippen LogP contribution in [0.1, 0.15) is 5.82 Å². The van der Waals surface area contributed by atoms with Crippen LogP contribution in [0.15, 0.2) is 61.1 Å². The van der Waals surface area contributed by atoms with Gasteiger partial charge in [-0.1, -0.05) is 18.2 Å². The molecule has 8 heteroatoms. The first-order chi connectivity index (χ1) is 15.2. The minimum atomic E-state index is 0.697. The summed E-state index contributed by atoms with van der Waals surface area (Å²) < 4.78 is 2.02. The summed E-state index contributed by atoms with van der Waals surface area (Å²) in [5, 5.41) is 8.54. The number of para-hydroxylation sites is 1. The van der Waals surface area contributed by atoms with Gasteiger partial charge in [0.25, 0.3) is 0 Å². The number of benzene rings is 1. The normalized spacial score (nSPS) is 11.5. The Kier molecular flexibility index (Phi) is 3.73. The van der Waals surface area contributed by atoms with E-state index in [1.807, 2.05) is 67.2 Å². The Morgan fingerprint density at radius 1 is 0.903 bits per heavy atom. The zero-order chi connectivity index (χ0) is 20.9. The topological polar surface area (TPSA) is 101 Å². The van der Waals surface area contributed by atoms with Gasteiger partial charge in [0, 0.05) is 24.2 Å². The number of nitrogens with one attached hydrogen (secondary N) is 2. The number of imidazole rings is 2. The lowest BCUT2D eigenvalue weighted by molar-refractivity contribution is 0.862. The van der Waals surface area contributed by atoms with Crippen molar-refractivity contribution in [2.75, 3.05) is 0 Å². The summed E-state index contributed by atoms with van der Waals surface area (Å²) in [7, 11) is 1.98. The molecule has 0 saturated carbocycles. The highest BCUT2D eigenvalue weighted by Crippen LogP contribution is 2.31. The molecular formula is C23H18N8. The van der Waals surface area contributed by atoms with Crippen LogP contribution >= 0.6 is 0 Å². The predicted molar refractivity (Wildman–Crippen MR) is 119 cm³/mol. The van der Waals surface area contributed by atoms with Gasteiger partial charge in [0.05, 0.1) is 46.0 Å². The molecule has 6 aromatic rings. The van der Waals surface area contributed by atoms with Crippen LogP contribution in [0.3, 0.4) is 0 Å². The molecule has 0 fully saturated rings. The van der Waals surface area contributed by atoms with E-state index in [4.69, 9.17) is 4.98 Å². The van der Waals surface area contributed by atoms with Crippen molar-refractivity contribution in [3.63, 3.8) is 0 Å². The number of rotatable bonds is 3. The number of hydrogen-bond acceptors (Lipinski definition) is 5. The fraction of sp³-hybridized carbons (Fsp3) is 0.0870. The number of hydrogen-bond donors (Lipinski definition) is 2. The van der Waals surface area contributed by atoms with Crippen molar-refractivity contribution in [3.8, 4) is 34.2 Å². The van der Waals surface area contributed by atoms with E-state index in [1.165, 1.54) is 0 Å². The van der Waals surface area contributed by atoms with Crippen molar-refractivity contribution >= 4 is 21.9 Å². The van der Waals surface area contributed by atoms with Gasteiger partial charge >= 0.3 is 0 Å². The second-order valence-corrected chi connectivity index (χ2v) is 7.44. The zero-order valence-electron chi connectivity index (χ0n) is 17.0. The first kappa shape index (κ1) is 17.5. The third-order valence-electron chi connectivity index (χ3n) is 5.61. The molecule has 0 unspecified atom stereocenters. The highest BCUT2D eigenvalue weighted by atomic mass is 15.1. The van der Waals surface area contributed by atoms with Gasteiger partial charge in [0.15, 0.2) is 5.82 Å². The average Bonchev–Trinajstić information content (AvgIpc) is 3.50. The van der Waals surface area contributed by atoms with Crippen molar-refractivity contribution in [2.24, 2.45) is 7.05 Å². The molecule has 6 rings (SSSR count). The SMILES string of the molecule is Cc1ncc(-c2cc3c(-c4nc5c(-c6ccccn6)cccc5[nH]4)n[nH]c3cn2)n1C. The van der Waals surface area contributed by atoms with Gasteiger partial charge in [-0.2, -0.15) is 5.10 Å². The van der Waals surface area contributed by atoms with E-state index < -0.39 is 0 Å². The van der Waals surface area contributed by atoms with Crippen LogP contribution in [0.4, 0.5) is 0 Å². The number of pyridine rings is 2. The van der Waals surface area contributed by atoms with Crippen molar-refractivity contribution in [1.82, 2.24) is 39.7 Å². The van der Waals surface area contributed by atoms with Crippen molar-refractivity contribution in [2.45, 2.75) is 6.92 Å². The third kappa shape index (κ3) is 2.72. The molecule has 2 N–H and O–H groups in total. The summed E-state index contributed by atoms with van der Waals surface area (Å²) in [5.74, 6) is 1.63. The molecule has 1 aromatic carbocycles. The molecule has 0 saturated heterocycles. The molecule has 8 nitrogen and oxygen atoms in total. The molecule has 0 bridgehead atoms. The lowest BCUT2D eigenvalue weighted by atomic mass is 10.1. The minimum Gasteiger partial charge on any atom is -0.337 e. The van der Waals surface area contributed by atoms with E-state index in [2.05, 4.69) is 30.1 Å². The molecule has 0 spiro atoms. The summed E-state index contributed by atoms with van der Waals surface area (Å²) in [6.45, 7) is 1.97. The fourth-order valence-electron chi connectivity index (χ4n) is 3.85. The lowest BCUT2D eigenvalue weighted by Gasteiger charge is -2.03. The maximum absolute atomic E-state index is 4.89. The largest absolute Gasteiger partial charge is 0.337 e.